The van der Waals surface area contributed by atoms with Crippen LogP contribution in [0.1, 0.15) is 65.2 Å². The first-order chi connectivity index (χ1) is 20.4. The van der Waals surface area contributed by atoms with Crippen LogP contribution in [0.5, 0.6) is 0 Å². The number of nitrogens with zero attached hydrogens (tertiary/aromatic N) is 3. The zero-order valence-corrected chi connectivity index (χ0v) is 24.9. The Labute approximate surface area is 250 Å². The van der Waals surface area contributed by atoms with Gasteiger partial charge in [-0.25, -0.2) is 8.78 Å². The average Bonchev–Trinajstić information content (AvgIpc) is 3.52. The lowest BCUT2D eigenvalue weighted by Gasteiger charge is -2.42. The summed E-state index contributed by atoms with van der Waals surface area (Å²) in [6, 6.07) is 5.28. The largest absolute Gasteiger partial charge is 0.363 e. The summed E-state index contributed by atoms with van der Waals surface area (Å²) in [6.45, 7) is 2.72. The molecule has 0 aliphatic carbocycles. The highest BCUT2D eigenvalue weighted by atomic mass is 32.1. The van der Waals surface area contributed by atoms with Crippen molar-refractivity contribution < 1.29 is 37.5 Å². The van der Waals surface area contributed by atoms with Gasteiger partial charge in [-0.05, 0) is 66.8 Å². The molecule has 14 heteroatoms. The van der Waals surface area contributed by atoms with Gasteiger partial charge in [0.2, 0.25) is 17.7 Å². The van der Waals surface area contributed by atoms with Crippen molar-refractivity contribution in [1.29, 1.82) is 0 Å². The number of carbonyl (C=O) groups excluding carboxylic acids is 3. The van der Waals surface area contributed by atoms with Crippen molar-refractivity contribution in [2.45, 2.75) is 62.6 Å². The van der Waals surface area contributed by atoms with Gasteiger partial charge in [0.05, 0.1) is 4.88 Å². The molecule has 2 aromatic heterocycles. The van der Waals surface area contributed by atoms with Gasteiger partial charge in [-0.15, -0.1) is 11.3 Å². The van der Waals surface area contributed by atoms with Crippen molar-refractivity contribution in [1.82, 2.24) is 20.1 Å². The van der Waals surface area contributed by atoms with E-state index >= 15 is 0 Å². The Morgan fingerprint density at radius 1 is 1.16 bits per heavy atom. The van der Waals surface area contributed by atoms with Crippen molar-refractivity contribution in [2.24, 2.45) is 5.92 Å². The van der Waals surface area contributed by atoms with Gasteiger partial charge in [0.1, 0.15) is 17.9 Å². The molecule has 3 aliphatic rings. The highest BCUT2D eigenvalue weighted by molar-refractivity contribution is 7.51. The van der Waals surface area contributed by atoms with E-state index in [0.29, 0.717) is 54.4 Å². The highest BCUT2D eigenvalue weighted by Gasteiger charge is 2.48. The van der Waals surface area contributed by atoms with Crippen molar-refractivity contribution >= 4 is 46.7 Å². The Balaban J connectivity index is 1.16. The van der Waals surface area contributed by atoms with E-state index in [1.807, 2.05) is 6.92 Å². The zero-order valence-electron chi connectivity index (χ0n) is 23.2. The number of aromatic nitrogens is 1. The molecule has 3 amide bonds. The van der Waals surface area contributed by atoms with Gasteiger partial charge in [-0.3, -0.25) is 23.9 Å². The molecule has 3 N–H and O–H groups in total. The summed E-state index contributed by atoms with van der Waals surface area (Å²) in [4.78, 5) is 66.7. The minimum atomic E-state index is -4.98. The lowest BCUT2D eigenvalue weighted by molar-refractivity contribution is -0.148. The third kappa shape index (κ3) is 5.71. The number of rotatable bonds is 6. The number of alkyl halides is 1. The number of likely N-dealkylation sites (tertiary alicyclic amines) is 1. The molecule has 5 heterocycles. The number of thiophene rings is 1. The number of nitrogens with one attached hydrogen (secondary N) is 1. The predicted octanol–water partition coefficient (Wildman–Crippen LogP) is 4.10. The van der Waals surface area contributed by atoms with Crippen LogP contribution in [0.3, 0.4) is 0 Å². The fourth-order valence-corrected chi connectivity index (χ4v) is 8.05. The van der Waals surface area contributed by atoms with Crippen LogP contribution in [0, 0.1) is 11.7 Å². The average molecular weight is 633 g/mol. The molecule has 0 saturated carbocycles. The van der Waals surface area contributed by atoms with Crippen LogP contribution in [-0.2, 0) is 14.2 Å². The molecule has 1 aromatic carbocycles. The maximum atomic E-state index is 14.2. The van der Waals surface area contributed by atoms with E-state index in [2.05, 4.69) is 10.3 Å². The monoisotopic (exact) mass is 632 g/mol. The van der Waals surface area contributed by atoms with E-state index in [4.69, 9.17) is 0 Å². The van der Waals surface area contributed by atoms with Gasteiger partial charge in [0.25, 0.3) is 5.91 Å². The summed E-state index contributed by atoms with van der Waals surface area (Å²) in [5.41, 5.74) is 0.287. The number of halogens is 2. The third-order valence-electron chi connectivity index (χ3n) is 8.72. The fraction of sp³-hybridized carbons (Fsp3) is 0.448. The molecule has 3 aliphatic heterocycles. The molecule has 6 rings (SSSR count). The summed E-state index contributed by atoms with van der Waals surface area (Å²) < 4.78 is 40.4. The van der Waals surface area contributed by atoms with Gasteiger partial charge in [-0.1, -0.05) is 13.0 Å². The van der Waals surface area contributed by atoms with E-state index < -0.39 is 31.5 Å². The Kier molecular flexibility index (Phi) is 7.87. The molecule has 5 atom stereocenters. The number of pyridine rings is 1. The van der Waals surface area contributed by atoms with E-state index in [9.17, 15) is 37.5 Å². The maximum Gasteiger partial charge on any atom is 0.363 e. The number of amides is 3. The number of hydrogen-bond donors (Lipinski definition) is 3. The minimum Gasteiger partial charge on any atom is -0.340 e. The Hall–Kier alpha value is -3.25. The third-order valence-corrected chi connectivity index (χ3v) is 10.7. The standard InChI is InChI=1S/C29H31F2N4O6PS/c1-15-8-19-3-4-23(29(38)34-13-18(14-34)20-12-32-7-6-21(20)30)35(19)28(37)22(9-15)33-27(36)25-11-17-10-16(2-5-24(17)43-25)26(31)42(39,40)41/h2,5-7,10-12,15,18-19,22-23,26H,3-4,8-9,13-14H2,1H3,(H,33,36)(H2,39,40,41)/t15-,19+,22-,23-,26?/m0/s1. The van der Waals surface area contributed by atoms with Gasteiger partial charge >= 0.3 is 7.60 Å². The molecule has 3 aromatic rings. The summed E-state index contributed by atoms with van der Waals surface area (Å²) in [5.74, 6) is -3.83. The first kappa shape index (κ1) is 29.8. The predicted molar refractivity (Wildman–Crippen MR) is 155 cm³/mol. The van der Waals surface area contributed by atoms with E-state index in [0.717, 1.165) is 11.3 Å². The van der Waals surface area contributed by atoms with Gasteiger partial charge in [0.15, 0.2) is 0 Å². The maximum absolute atomic E-state index is 14.2. The number of fused-ring (bicyclic) bond motifs is 2. The quantitative estimate of drug-likeness (QED) is 0.348. The first-order valence-corrected chi connectivity index (χ1v) is 16.6. The summed E-state index contributed by atoms with van der Waals surface area (Å²) in [5, 5.41) is 3.30. The Morgan fingerprint density at radius 3 is 2.65 bits per heavy atom. The summed E-state index contributed by atoms with van der Waals surface area (Å²) in [6.07, 6.45) is 5.19. The van der Waals surface area contributed by atoms with Gasteiger partial charge in [-0.2, -0.15) is 0 Å². The van der Waals surface area contributed by atoms with Crippen molar-refractivity contribution in [3.8, 4) is 0 Å². The minimum absolute atomic E-state index is 0.110. The second-order valence-corrected chi connectivity index (χ2v) is 14.5. The number of carbonyl (C=O) groups is 3. The number of hydrogen-bond acceptors (Lipinski definition) is 6. The molecule has 0 bridgehead atoms. The molecule has 3 saturated heterocycles. The van der Waals surface area contributed by atoms with Crippen LogP contribution in [0.4, 0.5) is 8.78 Å². The van der Waals surface area contributed by atoms with Crippen molar-refractivity contribution in [3.05, 3.63) is 64.5 Å². The number of benzene rings is 1. The van der Waals surface area contributed by atoms with Crippen LogP contribution in [-0.4, -0.2) is 73.5 Å². The van der Waals surface area contributed by atoms with Crippen LogP contribution in [0.2, 0.25) is 0 Å². The van der Waals surface area contributed by atoms with Crippen LogP contribution < -0.4 is 5.32 Å². The second kappa shape index (κ2) is 11.4. The molecule has 228 valence electrons. The van der Waals surface area contributed by atoms with Gasteiger partial charge < -0.3 is 24.9 Å². The van der Waals surface area contributed by atoms with E-state index in [1.54, 1.807) is 9.80 Å². The molecular formula is C29H31F2N4O6PS. The summed E-state index contributed by atoms with van der Waals surface area (Å²) >= 11 is 1.12. The molecule has 1 unspecified atom stereocenters. The normalized spacial score (nSPS) is 25.3. The lowest BCUT2D eigenvalue weighted by Crippen LogP contribution is -2.58. The highest BCUT2D eigenvalue weighted by Crippen LogP contribution is 2.53. The SMILES string of the molecule is C[C@H]1C[C@H]2CC[C@@H](C(=O)N3CC(c4cnccc4F)C3)N2C(=O)[C@@H](NC(=O)c2cc3cc(C(F)P(=O)(O)O)ccc3s2)C1. The van der Waals surface area contributed by atoms with E-state index in [-0.39, 0.29) is 45.9 Å². The summed E-state index contributed by atoms with van der Waals surface area (Å²) in [7, 11) is -4.98. The van der Waals surface area contributed by atoms with Gasteiger partial charge in [0, 0.05) is 47.7 Å². The Bertz CT molecular complexity index is 1640. The van der Waals surface area contributed by atoms with Crippen molar-refractivity contribution in [3.63, 3.8) is 0 Å². The van der Waals surface area contributed by atoms with Crippen LogP contribution >= 0.6 is 18.9 Å². The second-order valence-electron chi connectivity index (χ2n) is 11.8. The molecule has 0 radical (unpaired) electrons. The fourth-order valence-electron chi connectivity index (χ4n) is 6.56. The molecule has 3 fully saturated rings. The first-order valence-electron chi connectivity index (χ1n) is 14.1. The topological polar surface area (TPSA) is 140 Å². The smallest absolute Gasteiger partial charge is 0.340 e. The Morgan fingerprint density at radius 2 is 1.93 bits per heavy atom. The van der Waals surface area contributed by atoms with Crippen molar-refractivity contribution in [2.75, 3.05) is 13.1 Å². The molecule has 43 heavy (non-hydrogen) atoms. The van der Waals surface area contributed by atoms with Crippen LogP contribution in [0.15, 0.2) is 42.7 Å². The molecule has 10 nitrogen and oxygen atoms in total. The lowest BCUT2D eigenvalue weighted by atomic mass is 9.91. The molecule has 0 spiro atoms. The van der Waals surface area contributed by atoms with E-state index in [1.165, 1.54) is 42.7 Å². The zero-order chi connectivity index (χ0) is 30.6. The molecular weight excluding hydrogens is 601 g/mol. The van der Waals surface area contributed by atoms with Crippen LogP contribution in [0.25, 0.3) is 10.1 Å².